The van der Waals surface area contributed by atoms with Gasteiger partial charge in [-0.2, -0.15) is 0 Å². The minimum atomic E-state index is -0.240. The van der Waals surface area contributed by atoms with Crippen molar-refractivity contribution in [3.63, 3.8) is 0 Å². The van der Waals surface area contributed by atoms with E-state index in [4.69, 9.17) is 14.2 Å². The molecule has 3 aromatic rings. The van der Waals surface area contributed by atoms with Crippen LogP contribution in [0.2, 0.25) is 0 Å². The minimum Gasteiger partial charge on any atom is -0.493 e. The first kappa shape index (κ1) is 19.6. The van der Waals surface area contributed by atoms with Crippen LogP contribution in [0.3, 0.4) is 0 Å². The summed E-state index contributed by atoms with van der Waals surface area (Å²) in [5, 5.41) is 3.53. The van der Waals surface area contributed by atoms with E-state index in [0.29, 0.717) is 38.6 Å². The van der Waals surface area contributed by atoms with Crippen LogP contribution in [0.4, 0.5) is 5.82 Å². The predicted molar refractivity (Wildman–Crippen MR) is 109 cm³/mol. The van der Waals surface area contributed by atoms with Gasteiger partial charge in [0.15, 0.2) is 11.5 Å². The molecule has 146 valence electrons. The van der Waals surface area contributed by atoms with Gasteiger partial charge in [-0.3, -0.25) is 4.79 Å². The van der Waals surface area contributed by atoms with Crippen molar-refractivity contribution in [2.75, 3.05) is 26.6 Å². The van der Waals surface area contributed by atoms with Crippen LogP contribution in [0.25, 0.3) is 10.6 Å². The highest BCUT2D eigenvalue weighted by Crippen LogP contribution is 2.42. The number of benzene rings is 1. The van der Waals surface area contributed by atoms with E-state index in [0.717, 1.165) is 11.1 Å². The molecule has 0 unspecified atom stereocenters. The molecule has 0 saturated carbocycles. The summed E-state index contributed by atoms with van der Waals surface area (Å²) in [6, 6.07) is 7.34. The number of ether oxygens (including phenoxy) is 3. The third-order valence-corrected chi connectivity index (χ3v) is 5.36. The van der Waals surface area contributed by atoms with Gasteiger partial charge in [-0.05, 0) is 37.6 Å². The van der Waals surface area contributed by atoms with Crippen LogP contribution >= 0.6 is 11.3 Å². The molecule has 0 aliphatic carbocycles. The van der Waals surface area contributed by atoms with Gasteiger partial charge >= 0.3 is 0 Å². The molecule has 0 aliphatic heterocycles. The Balaban J connectivity index is 1.96. The zero-order valence-corrected chi connectivity index (χ0v) is 17.1. The molecule has 8 heteroatoms. The molecule has 3 rings (SSSR count). The maximum Gasteiger partial charge on any atom is 0.268 e. The molecule has 0 radical (unpaired) electrons. The number of carbonyl (C=O) groups excluding carboxylic acids is 1. The van der Waals surface area contributed by atoms with E-state index in [-0.39, 0.29) is 5.91 Å². The lowest BCUT2D eigenvalue weighted by Crippen LogP contribution is -2.13. The molecule has 0 atom stereocenters. The van der Waals surface area contributed by atoms with Crippen molar-refractivity contribution in [2.45, 2.75) is 13.8 Å². The summed E-state index contributed by atoms with van der Waals surface area (Å²) in [6.45, 7) is 3.70. The fraction of sp³-hybridized carbons (Fsp3) is 0.250. The van der Waals surface area contributed by atoms with Gasteiger partial charge < -0.3 is 19.5 Å². The summed E-state index contributed by atoms with van der Waals surface area (Å²) in [4.78, 5) is 22.0. The number of methoxy groups -OCH3 is 3. The van der Waals surface area contributed by atoms with Gasteiger partial charge in [-0.15, -0.1) is 11.3 Å². The van der Waals surface area contributed by atoms with E-state index >= 15 is 0 Å². The van der Waals surface area contributed by atoms with Gasteiger partial charge in [0.1, 0.15) is 15.7 Å². The van der Waals surface area contributed by atoms with Crippen LogP contribution in [0.1, 0.15) is 20.9 Å². The Bertz CT molecular complexity index is 991. The van der Waals surface area contributed by atoms with E-state index in [1.54, 1.807) is 34.4 Å². The molecule has 2 aromatic heterocycles. The molecule has 0 bridgehead atoms. The number of pyridine rings is 1. The van der Waals surface area contributed by atoms with Crippen molar-refractivity contribution >= 4 is 23.1 Å². The Hall–Kier alpha value is -3.13. The van der Waals surface area contributed by atoms with Gasteiger partial charge in [0.05, 0.1) is 27.0 Å². The van der Waals surface area contributed by atoms with Crippen molar-refractivity contribution in [1.82, 2.24) is 9.97 Å². The number of hydrogen-bond donors (Lipinski definition) is 1. The molecule has 0 fully saturated rings. The Kier molecular flexibility index (Phi) is 5.79. The number of anilines is 1. The summed E-state index contributed by atoms with van der Waals surface area (Å²) in [5.41, 5.74) is 2.30. The second kappa shape index (κ2) is 8.26. The topological polar surface area (TPSA) is 82.6 Å². The summed E-state index contributed by atoms with van der Waals surface area (Å²) in [6.07, 6.45) is 1.64. The first-order chi connectivity index (χ1) is 13.5. The van der Waals surface area contributed by atoms with E-state index in [9.17, 15) is 4.79 Å². The molecule has 1 amide bonds. The molecular weight excluding hydrogens is 378 g/mol. The van der Waals surface area contributed by atoms with E-state index in [1.165, 1.54) is 11.3 Å². The number of rotatable bonds is 6. The average molecular weight is 399 g/mol. The second-order valence-electron chi connectivity index (χ2n) is 5.97. The lowest BCUT2D eigenvalue weighted by atomic mass is 10.2. The summed E-state index contributed by atoms with van der Waals surface area (Å²) in [7, 11) is 4.67. The highest BCUT2D eigenvalue weighted by atomic mass is 32.1. The first-order valence-electron chi connectivity index (χ1n) is 8.49. The SMILES string of the molecule is COc1cc(-c2nc(C)c(C(=O)Nc3ncccc3C)s2)cc(OC)c1OC. The Morgan fingerprint density at radius 3 is 2.32 bits per heavy atom. The van der Waals surface area contributed by atoms with E-state index in [1.807, 2.05) is 31.2 Å². The molecule has 1 aromatic carbocycles. The minimum absolute atomic E-state index is 0.240. The highest BCUT2D eigenvalue weighted by molar-refractivity contribution is 7.17. The lowest BCUT2D eigenvalue weighted by molar-refractivity contribution is 0.102. The van der Waals surface area contributed by atoms with Crippen molar-refractivity contribution in [3.05, 3.63) is 46.6 Å². The van der Waals surface area contributed by atoms with Crippen molar-refractivity contribution in [2.24, 2.45) is 0 Å². The van der Waals surface area contributed by atoms with Crippen LogP contribution in [0, 0.1) is 13.8 Å². The number of amides is 1. The van der Waals surface area contributed by atoms with Gasteiger partial charge in [-0.25, -0.2) is 9.97 Å². The fourth-order valence-corrected chi connectivity index (χ4v) is 3.66. The van der Waals surface area contributed by atoms with Crippen LogP contribution in [0.5, 0.6) is 17.2 Å². The lowest BCUT2D eigenvalue weighted by Gasteiger charge is -2.13. The summed E-state index contributed by atoms with van der Waals surface area (Å²) < 4.78 is 16.2. The highest BCUT2D eigenvalue weighted by Gasteiger charge is 2.20. The normalized spacial score (nSPS) is 10.5. The molecule has 0 spiro atoms. The van der Waals surface area contributed by atoms with Crippen LogP contribution < -0.4 is 19.5 Å². The van der Waals surface area contributed by atoms with Crippen molar-refractivity contribution in [3.8, 4) is 27.8 Å². The summed E-state index contributed by atoms with van der Waals surface area (Å²) >= 11 is 1.29. The average Bonchev–Trinajstić information content (AvgIpc) is 3.10. The molecule has 1 N–H and O–H groups in total. The summed E-state index contributed by atoms with van der Waals surface area (Å²) in [5.74, 6) is 1.86. The largest absolute Gasteiger partial charge is 0.493 e. The standard InChI is InChI=1S/C20H21N3O4S/c1-11-7-6-8-21-18(11)23-19(24)17-12(2)22-20(28-17)13-9-14(25-3)16(27-5)15(10-13)26-4/h6-10H,1-5H3,(H,21,23,24). The van der Waals surface area contributed by atoms with Gasteiger partial charge in [0, 0.05) is 11.8 Å². The number of thiazole rings is 1. The van der Waals surface area contributed by atoms with Gasteiger partial charge in [0.25, 0.3) is 5.91 Å². The van der Waals surface area contributed by atoms with Gasteiger partial charge in [0.2, 0.25) is 5.75 Å². The molecule has 0 aliphatic rings. The van der Waals surface area contributed by atoms with Crippen molar-refractivity contribution in [1.29, 1.82) is 0 Å². The molecule has 2 heterocycles. The quantitative estimate of drug-likeness (QED) is 0.672. The maximum absolute atomic E-state index is 12.7. The van der Waals surface area contributed by atoms with Gasteiger partial charge in [-0.1, -0.05) is 6.07 Å². The molecule has 28 heavy (non-hydrogen) atoms. The van der Waals surface area contributed by atoms with Crippen LogP contribution in [0.15, 0.2) is 30.5 Å². The second-order valence-corrected chi connectivity index (χ2v) is 6.97. The van der Waals surface area contributed by atoms with Crippen molar-refractivity contribution < 1.29 is 19.0 Å². The molecular formula is C20H21N3O4S. The first-order valence-corrected chi connectivity index (χ1v) is 9.31. The smallest absolute Gasteiger partial charge is 0.268 e. The number of nitrogens with zero attached hydrogens (tertiary/aromatic N) is 2. The monoisotopic (exact) mass is 399 g/mol. The van der Waals surface area contributed by atoms with Crippen LogP contribution in [-0.2, 0) is 0 Å². The predicted octanol–water partition coefficient (Wildman–Crippen LogP) is 4.10. The zero-order valence-electron chi connectivity index (χ0n) is 16.3. The third-order valence-electron chi connectivity index (χ3n) is 4.16. The number of aryl methyl sites for hydroxylation is 2. The van der Waals surface area contributed by atoms with E-state index in [2.05, 4.69) is 15.3 Å². The third kappa shape index (κ3) is 3.77. The fourth-order valence-electron chi connectivity index (χ4n) is 2.72. The van der Waals surface area contributed by atoms with E-state index < -0.39 is 0 Å². The Morgan fingerprint density at radius 2 is 1.75 bits per heavy atom. The zero-order chi connectivity index (χ0) is 20.3. The molecule has 0 saturated heterocycles. The number of nitrogens with one attached hydrogen (secondary N) is 1. The maximum atomic E-state index is 12.7. The Morgan fingerprint density at radius 1 is 1.07 bits per heavy atom. The number of hydrogen-bond acceptors (Lipinski definition) is 7. The number of carbonyl (C=O) groups is 1. The molecule has 7 nitrogen and oxygen atoms in total. The number of aromatic nitrogens is 2. The van der Waals surface area contributed by atoms with Crippen LogP contribution in [-0.4, -0.2) is 37.2 Å². The Labute approximate surface area is 167 Å².